The molecule has 2 saturated heterocycles. The normalized spacial score (nSPS) is 22.4. The van der Waals surface area contributed by atoms with Crippen molar-refractivity contribution in [1.82, 2.24) is 9.80 Å². The third-order valence-corrected chi connectivity index (χ3v) is 4.63. The first kappa shape index (κ1) is 17.1. The molecule has 0 spiro atoms. The van der Waals surface area contributed by atoms with Crippen molar-refractivity contribution in [3.63, 3.8) is 0 Å². The van der Waals surface area contributed by atoms with Gasteiger partial charge in [0.2, 0.25) is 0 Å². The molecular weight excluding hydrogens is 316 g/mol. The number of ether oxygens (including phenoxy) is 1. The van der Waals surface area contributed by atoms with Gasteiger partial charge in [0, 0.05) is 38.3 Å². The van der Waals surface area contributed by atoms with Crippen LogP contribution in [0, 0.1) is 11.6 Å². The zero-order chi connectivity index (χ0) is 16.9. The lowest BCUT2D eigenvalue weighted by atomic mass is 10.0. The molecule has 2 fully saturated rings. The fourth-order valence-corrected chi connectivity index (χ4v) is 3.32. The molecule has 0 aliphatic carbocycles. The van der Waals surface area contributed by atoms with Crippen LogP contribution < -0.4 is 5.32 Å². The molecule has 1 aromatic carbocycles. The molecule has 2 aliphatic rings. The van der Waals surface area contributed by atoms with Crippen molar-refractivity contribution in [3.8, 4) is 0 Å². The van der Waals surface area contributed by atoms with Crippen LogP contribution >= 0.6 is 0 Å². The van der Waals surface area contributed by atoms with Crippen LogP contribution in [-0.2, 0) is 4.74 Å². The van der Waals surface area contributed by atoms with Crippen LogP contribution in [0.1, 0.15) is 19.3 Å². The highest BCUT2D eigenvalue weighted by Gasteiger charge is 2.29. The molecule has 2 amide bonds. The summed E-state index contributed by atoms with van der Waals surface area (Å²) in [5, 5.41) is 2.58. The molecule has 1 atom stereocenters. The summed E-state index contributed by atoms with van der Waals surface area (Å²) in [5.41, 5.74) is 0.0112. The van der Waals surface area contributed by atoms with Crippen molar-refractivity contribution < 1.29 is 18.3 Å². The number of nitrogens with zero attached hydrogens (tertiary/aromatic N) is 2. The predicted octanol–water partition coefficient (Wildman–Crippen LogP) is 2.68. The van der Waals surface area contributed by atoms with Crippen molar-refractivity contribution in [2.75, 3.05) is 44.7 Å². The molecule has 1 aromatic rings. The second-order valence-corrected chi connectivity index (χ2v) is 6.31. The first-order chi connectivity index (χ1) is 11.6. The van der Waals surface area contributed by atoms with Crippen LogP contribution in [0.2, 0.25) is 0 Å². The lowest BCUT2D eigenvalue weighted by Gasteiger charge is -2.39. The summed E-state index contributed by atoms with van der Waals surface area (Å²) in [4.78, 5) is 16.7. The highest BCUT2D eigenvalue weighted by molar-refractivity contribution is 5.89. The second-order valence-electron chi connectivity index (χ2n) is 6.31. The fourth-order valence-electron chi connectivity index (χ4n) is 3.32. The number of hydrogen-bond acceptors (Lipinski definition) is 3. The van der Waals surface area contributed by atoms with Crippen LogP contribution in [0.5, 0.6) is 0 Å². The zero-order valence-corrected chi connectivity index (χ0v) is 13.6. The minimum Gasteiger partial charge on any atom is -0.379 e. The highest BCUT2D eigenvalue weighted by Crippen LogP contribution is 2.21. The Kier molecular flexibility index (Phi) is 5.63. The van der Waals surface area contributed by atoms with E-state index in [1.165, 1.54) is 6.07 Å². The molecule has 0 bridgehead atoms. The van der Waals surface area contributed by atoms with Crippen LogP contribution in [0.4, 0.5) is 19.3 Å². The summed E-state index contributed by atoms with van der Waals surface area (Å²) in [6.45, 7) is 4.66. The van der Waals surface area contributed by atoms with E-state index in [1.54, 1.807) is 4.90 Å². The van der Waals surface area contributed by atoms with E-state index in [-0.39, 0.29) is 17.8 Å². The van der Waals surface area contributed by atoms with Gasteiger partial charge in [-0.05, 0) is 31.4 Å². The molecule has 1 N–H and O–H groups in total. The van der Waals surface area contributed by atoms with Crippen LogP contribution in [0.15, 0.2) is 18.2 Å². The van der Waals surface area contributed by atoms with E-state index in [0.29, 0.717) is 6.54 Å². The quantitative estimate of drug-likeness (QED) is 0.921. The number of benzene rings is 1. The monoisotopic (exact) mass is 339 g/mol. The van der Waals surface area contributed by atoms with Gasteiger partial charge in [-0.15, -0.1) is 0 Å². The second kappa shape index (κ2) is 7.90. The predicted molar refractivity (Wildman–Crippen MR) is 87.0 cm³/mol. The molecule has 7 heteroatoms. The summed E-state index contributed by atoms with van der Waals surface area (Å²) in [6.07, 6.45) is 2.97. The number of morpholine rings is 1. The molecule has 0 unspecified atom stereocenters. The topological polar surface area (TPSA) is 44.8 Å². The van der Waals surface area contributed by atoms with E-state index in [4.69, 9.17) is 4.74 Å². The Hall–Kier alpha value is -1.73. The van der Waals surface area contributed by atoms with E-state index in [1.807, 2.05) is 0 Å². The number of carbonyl (C=O) groups is 1. The maximum Gasteiger partial charge on any atom is 0.322 e. The first-order valence-electron chi connectivity index (χ1n) is 8.46. The number of halogens is 2. The summed E-state index contributed by atoms with van der Waals surface area (Å²) in [5.74, 6) is -1.42. The summed E-state index contributed by atoms with van der Waals surface area (Å²) < 4.78 is 32.1. The molecule has 0 saturated carbocycles. The smallest absolute Gasteiger partial charge is 0.322 e. The van der Waals surface area contributed by atoms with Gasteiger partial charge in [-0.3, -0.25) is 4.90 Å². The van der Waals surface area contributed by atoms with Gasteiger partial charge in [0.1, 0.15) is 11.6 Å². The summed E-state index contributed by atoms with van der Waals surface area (Å²) in [6, 6.07) is 2.96. The number of piperidine rings is 1. The minimum absolute atomic E-state index is 0.0112. The Morgan fingerprint density at radius 2 is 2.00 bits per heavy atom. The van der Waals surface area contributed by atoms with Crippen molar-refractivity contribution >= 4 is 11.7 Å². The standard InChI is InChI=1S/C17H23F2N3O2/c18-13-4-5-16(15(19)11-13)20-17(23)22-6-2-1-3-14(22)12-21-7-9-24-10-8-21/h4-5,11,14H,1-3,6-10,12H2,(H,20,23)/t14-/m1/s1. The number of nitrogens with one attached hydrogen (secondary N) is 1. The Morgan fingerprint density at radius 1 is 1.21 bits per heavy atom. The van der Waals surface area contributed by atoms with Crippen LogP contribution in [0.25, 0.3) is 0 Å². The number of carbonyl (C=O) groups excluding carboxylic acids is 1. The van der Waals surface area contributed by atoms with E-state index in [9.17, 15) is 13.6 Å². The van der Waals surface area contributed by atoms with E-state index < -0.39 is 11.6 Å². The largest absolute Gasteiger partial charge is 0.379 e. The van der Waals surface area contributed by atoms with Gasteiger partial charge in [0.15, 0.2) is 0 Å². The van der Waals surface area contributed by atoms with Gasteiger partial charge in [-0.2, -0.15) is 0 Å². The van der Waals surface area contributed by atoms with Crippen molar-refractivity contribution in [2.45, 2.75) is 25.3 Å². The number of anilines is 1. The van der Waals surface area contributed by atoms with Crippen molar-refractivity contribution in [2.24, 2.45) is 0 Å². The zero-order valence-electron chi connectivity index (χ0n) is 13.6. The molecular formula is C17H23F2N3O2. The molecule has 0 radical (unpaired) electrons. The van der Waals surface area contributed by atoms with Crippen LogP contribution in [-0.4, -0.2) is 61.3 Å². The van der Waals surface area contributed by atoms with Crippen molar-refractivity contribution in [3.05, 3.63) is 29.8 Å². The Bertz CT molecular complexity index is 579. The lowest BCUT2D eigenvalue weighted by Crippen LogP contribution is -2.52. The Balaban J connectivity index is 1.64. The molecule has 5 nitrogen and oxygen atoms in total. The molecule has 24 heavy (non-hydrogen) atoms. The number of amides is 2. The van der Waals surface area contributed by atoms with E-state index >= 15 is 0 Å². The molecule has 0 aromatic heterocycles. The number of hydrogen-bond donors (Lipinski definition) is 1. The minimum atomic E-state index is -0.759. The van der Waals surface area contributed by atoms with Crippen molar-refractivity contribution in [1.29, 1.82) is 0 Å². The Morgan fingerprint density at radius 3 is 2.75 bits per heavy atom. The Labute approximate surface area is 140 Å². The van der Waals surface area contributed by atoms with Gasteiger partial charge in [0.05, 0.1) is 18.9 Å². The van der Waals surface area contributed by atoms with E-state index in [2.05, 4.69) is 10.2 Å². The summed E-state index contributed by atoms with van der Waals surface area (Å²) >= 11 is 0. The van der Waals surface area contributed by atoms with Crippen LogP contribution in [0.3, 0.4) is 0 Å². The molecule has 2 aliphatic heterocycles. The molecule has 132 valence electrons. The molecule has 3 rings (SSSR count). The maximum absolute atomic E-state index is 13.8. The molecule has 2 heterocycles. The van der Waals surface area contributed by atoms with Gasteiger partial charge >= 0.3 is 6.03 Å². The first-order valence-corrected chi connectivity index (χ1v) is 8.46. The van der Waals surface area contributed by atoms with Gasteiger partial charge in [-0.1, -0.05) is 0 Å². The SMILES string of the molecule is O=C(Nc1ccc(F)cc1F)N1CCCC[C@@H]1CN1CCOCC1. The fraction of sp³-hybridized carbons (Fsp3) is 0.588. The number of urea groups is 1. The van der Waals surface area contributed by atoms with Gasteiger partial charge in [0.25, 0.3) is 0 Å². The van der Waals surface area contributed by atoms with E-state index in [0.717, 1.165) is 64.2 Å². The third-order valence-electron chi connectivity index (χ3n) is 4.63. The number of likely N-dealkylation sites (tertiary alicyclic amines) is 1. The highest BCUT2D eigenvalue weighted by atomic mass is 19.1. The summed E-state index contributed by atoms with van der Waals surface area (Å²) in [7, 11) is 0. The third kappa shape index (κ3) is 4.21. The average molecular weight is 339 g/mol. The number of rotatable bonds is 3. The average Bonchev–Trinajstić information content (AvgIpc) is 2.59. The lowest BCUT2D eigenvalue weighted by molar-refractivity contribution is 0.0229. The maximum atomic E-state index is 13.8. The van der Waals surface area contributed by atoms with Gasteiger partial charge in [-0.25, -0.2) is 13.6 Å². The van der Waals surface area contributed by atoms with Gasteiger partial charge < -0.3 is 15.0 Å².